The molecule has 3 heterocycles. The second kappa shape index (κ2) is 8.64. The molecule has 2 aromatic heterocycles. The van der Waals surface area contributed by atoms with E-state index in [1.807, 2.05) is 28.0 Å². The first-order chi connectivity index (χ1) is 14.2. The van der Waals surface area contributed by atoms with Crippen molar-refractivity contribution >= 4 is 17.5 Å². The van der Waals surface area contributed by atoms with Gasteiger partial charge in [0.05, 0.1) is 5.69 Å². The van der Waals surface area contributed by atoms with Gasteiger partial charge in [-0.15, -0.1) is 0 Å². The fourth-order valence-corrected chi connectivity index (χ4v) is 3.26. The molecule has 1 saturated heterocycles. The zero-order valence-corrected chi connectivity index (χ0v) is 15.8. The normalized spacial score (nSPS) is 14.0. The standard InChI is InChI=1S/C21H21FN6O/c22-17-3-1-2-4-19(17)27-11-13-28(14-12-27)21-24-10-7-18(26-21)20(29)25-15-16-5-8-23-9-6-16/h1-10H,11-15H2,(H,25,29). The second-order valence-corrected chi connectivity index (χ2v) is 6.71. The average molecular weight is 392 g/mol. The van der Waals surface area contributed by atoms with Gasteiger partial charge in [-0.1, -0.05) is 12.1 Å². The summed E-state index contributed by atoms with van der Waals surface area (Å²) in [7, 11) is 0. The van der Waals surface area contributed by atoms with Crippen molar-refractivity contribution in [2.45, 2.75) is 6.54 Å². The van der Waals surface area contributed by atoms with Crippen LogP contribution in [0.5, 0.6) is 0 Å². The highest BCUT2D eigenvalue weighted by Crippen LogP contribution is 2.21. The van der Waals surface area contributed by atoms with E-state index in [4.69, 9.17) is 0 Å². The van der Waals surface area contributed by atoms with Crippen LogP contribution in [-0.2, 0) is 6.54 Å². The van der Waals surface area contributed by atoms with E-state index < -0.39 is 0 Å². The molecule has 0 unspecified atom stereocenters. The van der Waals surface area contributed by atoms with E-state index >= 15 is 0 Å². The number of nitrogens with zero attached hydrogens (tertiary/aromatic N) is 5. The molecule has 1 fully saturated rings. The highest BCUT2D eigenvalue weighted by Gasteiger charge is 2.21. The van der Waals surface area contributed by atoms with Crippen molar-refractivity contribution in [3.8, 4) is 0 Å². The number of halogens is 1. The van der Waals surface area contributed by atoms with Crippen molar-refractivity contribution in [2.24, 2.45) is 0 Å². The lowest BCUT2D eigenvalue weighted by Crippen LogP contribution is -2.47. The predicted octanol–water partition coefficient (Wildman–Crippen LogP) is 2.27. The van der Waals surface area contributed by atoms with Crippen molar-refractivity contribution in [1.82, 2.24) is 20.3 Å². The third-order valence-corrected chi connectivity index (χ3v) is 4.83. The van der Waals surface area contributed by atoms with E-state index in [0.29, 0.717) is 50.1 Å². The number of anilines is 2. The van der Waals surface area contributed by atoms with Crippen LogP contribution in [0.25, 0.3) is 0 Å². The summed E-state index contributed by atoms with van der Waals surface area (Å²) in [6.45, 7) is 3.01. The van der Waals surface area contributed by atoms with Gasteiger partial charge < -0.3 is 15.1 Å². The van der Waals surface area contributed by atoms with Gasteiger partial charge in [-0.2, -0.15) is 0 Å². The van der Waals surface area contributed by atoms with Crippen LogP contribution in [0.15, 0.2) is 61.1 Å². The van der Waals surface area contributed by atoms with Gasteiger partial charge in [-0.25, -0.2) is 14.4 Å². The van der Waals surface area contributed by atoms with Crippen LogP contribution >= 0.6 is 0 Å². The van der Waals surface area contributed by atoms with Crippen LogP contribution in [0.4, 0.5) is 16.0 Å². The number of hydrogen-bond donors (Lipinski definition) is 1. The molecular weight excluding hydrogens is 371 g/mol. The number of amides is 1. The van der Waals surface area contributed by atoms with Crippen molar-refractivity contribution in [3.63, 3.8) is 0 Å². The van der Waals surface area contributed by atoms with Crippen molar-refractivity contribution < 1.29 is 9.18 Å². The Morgan fingerprint density at radius 1 is 0.966 bits per heavy atom. The molecule has 1 N–H and O–H groups in total. The average Bonchev–Trinajstić information content (AvgIpc) is 2.79. The quantitative estimate of drug-likeness (QED) is 0.718. The monoisotopic (exact) mass is 392 g/mol. The molecule has 4 rings (SSSR count). The van der Waals surface area contributed by atoms with Gasteiger partial charge in [0, 0.05) is 51.3 Å². The first-order valence-electron chi connectivity index (χ1n) is 9.45. The smallest absolute Gasteiger partial charge is 0.270 e. The highest BCUT2D eigenvalue weighted by molar-refractivity contribution is 5.92. The molecule has 29 heavy (non-hydrogen) atoms. The molecule has 1 aromatic carbocycles. The van der Waals surface area contributed by atoms with Crippen LogP contribution in [0.1, 0.15) is 16.1 Å². The number of aromatic nitrogens is 3. The number of piperazine rings is 1. The van der Waals surface area contributed by atoms with E-state index in [9.17, 15) is 9.18 Å². The van der Waals surface area contributed by atoms with Gasteiger partial charge >= 0.3 is 0 Å². The SMILES string of the molecule is O=C(NCc1ccncc1)c1ccnc(N2CCN(c3ccccc3F)CC2)n1. The van der Waals surface area contributed by atoms with Gasteiger partial charge in [-0.05, 0) is 35.9 Å². The maximum atomic E-state index is 14.0. The minimum Gasteiger partial charge on any atom is -0.366 e. The molecule has 1 aliphatic rings. The summed E-state index contributed by atoms with van der Waals surface area (Å²) >= 11 is 0. The Bertz CT molecular complexity index is 976. The summed E-state index contributed by atoms with van der Waals surface area (Å²) < 4.78 is 14.0. The third kappa shape index (κ3) is 4.48. The number of carbonyl (C=O) groups is 1. The molecule has 0 atom stereocenters. The van der Waals surface area contributed by atoms with Crippen LogP contribution < -0.4 is 15.1 Å². The molecule has 0 radical (unpaired) electrons. The number of benzene rings is 1. The lowest BCUT2D eigenvalue weighted by atomic mass is 10.2. The van der Waals surface area contributed by atoms with Crippen LogP contribution in [-0.4, -0.2) is 47.0 Å². The summed E-state index contributed by atoms with van der Waals surface area (Å²) in [4.78, 5) is 29.2. The Morgan fingerprint density at radius 3 is 2.45 bits per heavy atom. The van der Waals surface area contributed by atoms with Gasteiger partial charge in [0.1, 0.15) is 11.5 Å². The molecule has 0 aliphatic carbocycles. The van der Waals surface area contributed by atoms with E-state index in [-0.39, 0.29) is 11.7 Å². The number of para-hydroxylation sites is 1. The highest BCUT2D eigenvalue weighted by atomic mass is 19.1. The Hall–Kier alpha value is -3.55. The van der Waals surface area contributed by atoms with Gasteiger partial charge in [0.2, 0.25) is 5.95 Å². The minimum atomic E-state index is -0.254. The summed E-state index contributed by atoms with van der Waals surface area (Å²) in [5, 5.41) is 2.85. The molecule has 0 saturated carbocycles. The van der Waals surface area contributed by atoms with Crippen molar-refractivity contribution in [3.05, 3.63) is 78.1 Å². The maximum absolute atomic E-state index is 14.0. The lowest BCUT2D eigenvalue weighted by molar-refractivity contribution is 0.0946. The predicted molar refractivity (Wildman–Crippen MR) is 108 cm³/mol. The molecule has 0 spiro atoms. The maximum Gasteiger partial charge on any atom is 0.270 e. The third-order valence-electron chi connectivity index (χ3n) is 4.83. The molecule has 0 bridgehead atoms. The van der Waals surface area contributed by atoms with Crippen LogP contribution in [0.2, 0.25) is 0 Å². The van der Waals surface area contributed by atoms with Crippen LogP contribution in [0.3, 0.4) is 0 Å². The Kier molecular flexibility index (Phi) is 5.60. The first-order valence-corrected chi connectivity index (χ1v) is 9.45. The number of pyridine rings is 1. The Balaban J connectivity index is 1.38. The summed E-state index contributed by atoms with van der Waals surface area (Å²) in [6, 6.07) is 12.1. The number of carbonyl (C=O) groups excluding carboxylic acids is 1. The second-order valence-electron chi connectivity index (χ2n) is 6.71. The van der Waals surface area contributed by atoms with E-state index in [0.717, 1.165) is 5.56 Å². The molecule has 148 valence electrons. The topological polar surface area (TPSA) is 74.2 Å². The fourth-order valence-electron chi connectivity index (χ4n) is 3.26. The molecule has 8 heteroatoms. The number of hydrogen-bond acceptors (Lipinski definition) is 6. The molecular formula is C21H21FN6O. The summed E-state index contributed by atoms with van der Waals surface area (Å²) in [6.07, 6.45) is 4.96. The number of rotatable bonds is 5. The molecule has 1 aliphatic heterocycles. The van der Waals surface area contributed by atoms with Gasteiger partial charge in [0.25, 0.3) is 5.91 Å². The fraction of sp³-hybridized carbons (Fsp3) is 0.238. The molecule has 7 nitrogen and oxygen atoms in total. The Morgan fingerprint density at radius 2 is 1.69 bits per heavy atom. The van der Waals surface area contributed by atoms with Gasteiger partial charge in [0.15, 0.2) is 0 Å². The Labute approximate surface area is 168 Å². The molecule has 3 aromatic rings. The number of nitrogens with one attached hydrogen (secondary N) is 1. The van der Waals surface area contributed by atoms with E-state index in [1.54, 1.807) is 36.8 Å². The zero-order chi connectivity index (χ0) is 20.1. The van der Waals surface area contributed by atoms with Gasteiger partial charge in [-0.3, -0.25) is 9.78 Å². The van der Waals surface area contributed by atoms with Crippen molar-refractivity contribution in [1.29, 1.82) is 0 Å². The summed E-state index contributed by atoms with van der Waals surface area (Å²) in [5.41, 5.74) is 1.89. The zero-order valence-electron chi connectivity index (χ0n) is 15.8. The first kappa shape index (κ1) is 18.8. The summed E-state index contributed by atoms with van der Waals surface area (Å²) in [5.74, 6) is 0.0373. The van der Waals surface area contributed by atoms with Crippen LogP contribution in [0, 0.1) is 5.82 Å². The van der Waals surface area contributed by atoms with E-state index in [1.165, 1.54) is 6.07 Å². The lowest BCUT2D eigenvalue weighted by Gasteiger charge is -2.36. The minimum absolute atomic E-state index is 0.218. The van der Waals surface area contributed by atoms with E-state index in [2.05, 4.69) is 20.3 Å². The van der Waals surface area contributed by atoms with Crippen molar-refractivity contribution in [2.75, 3.05) is 36.0 Å². The molecule has 1 amide bonds. The largest absolute Gasteiger partial charge is 0.366 e.